The Hall–Kier alpha value is -1.71. The molecule has 0 aliphatic rings. The number of aromatic nitrogens is 2. The number of aromatic amines is 1. The SMILES string of the molecule is CC.COc1ccc2c(c1)[nH]c(=O)n2C. The maximum absolute atomic E-state index is 11.2. The molecule has 0 aliphatic heterocycles. The zero-order chi connectivity index (χ0) is 11.4. The van der Waals surface area contributed by atoms with Gasteiger partial charge < -0.3 is 9.72 Å². The van der Waals surface area contributed by atoms with Crippen LogP contribution in [0.25, 0.3) is 11.0 Å². The number of H-pyrrole nitrogens is 1. The van der Waals surface area contributed by atoms with Gasteiger partial charge in [-0.3, -0.25) is 4.57 Å². The number of fused-ring (bicyclic) bond motifs is 1. The highest BCUT2D eigenvalue weighted by molar-refractivity contribution is 5.76. The largest absolute Gasteiger partial charge is 0.497 e. The standard InChI is InChI=1S/C9H10N2O2.C2H6/c1-11-8-4-3-6(13-2)5-7(8)10-9(11)12;1-2/h3-5H,1-2H3,(H,10,12);1-2H3. The highest BCUT2D eigenvalue weighted by Crippen LogP contribution is 2.16. The number of rotatable bonds is 1. The minimum absolute atomic E-state index is 0.108. The molecule has 0 spiro atoms. The second kappa shape index (κ2) is 4.68. The van der Waals surface area contributed by atoms with E-state index in [1.54, 1.807) is 24.8 Å². The summed E-state index contributed by atoms with van der Waals surface area (Å²) in [6, 6.07) is 5.48. The van der Waals surface area contributed by atoms with Crippen LogP contribution in [0.2, 0.25) is 0 Å². The number of ether oxygens (including phenoxy) is 1. The summed E-state index contributed by atoms with van der Waals surface area (Å²) in [5, 5.41) is 0. The highest BCUT2D eigenvalue weighted by atomic mass is 16.5. The maximum Gasteiger partial charge on any atom is 0.326 e. The highest BCUT2D eigenvalue weighted by Gasteiger charge is 2.02. The Balaban J connectivity index is 0.000000531. The number of nitrogens with zero attached hydrogens (tertiary/aromatic N) is 1. The van der Waals surface area contributed by atoms with Gasteiger partial charge in [0.05, 0.1) is 18.1 Å². The molecule has 0 radical (unpaired) electrons. The molecule has 0 saturated carbocycles. The fourth-order valence-corrected chi connectivity index (χ4v) is 1.34. The smallest absolute Gasteiger partial charge is 0.326 e. The Morgan fingerprint density at radius 2 is 2.00 bits per heavy atom. The minimum atomic E-state index is -0.108. The van der Waals surface area contributed by atoms with Crippen molar-refractivity contribution >= 4 is 11.0 Å². The predicted molar refractivity (Wildman–Crippen MR) is 61.4 cm³/mol. The molecule has 1 N–H and O–H groups in total. The number of nitrogens with one attached hydrogen (secondary N) is 1. The molecular weight excluding hydrogens is 192 g/mol. The van der Waals surface area contributed by atoms with Gasteiger partial charge in [0.15, 0.2) is 0 Å². The van der Waals surface area contributed by atoms with Gasteiger partial charge in [-0.15, -0.1) is 0 Å². The van der Waals surface area contributed by atoms with Crippen molar-refractivity contribution in [3.8, 4) is 5.75 Å². The van der Waals surface area contributed by atoms with Crippen molar-refractivity contribution < 1.29 is 4.74 Å². The molecule has 2 rings (SSSR count). The predicted octanol–water partition coefficient (Wildman–Crippen LogP) is 1.90. The van der Waals surface area contributed by atoms with Crippen molar-refractivity contribution in [3.63, 3.8) is 0 Å². The van der Waals surface area contributed by atoms with Crippen molar-refractivity contribution in [3.05, 3.63) is 28.7 Å². The average Bonchev–Trinajstić information content (AvgIpc) is 2.57. The fourth-order valence-electron chi connectivity index (χ4n) is 1.34. The van der Waals surface area contributed by atoms with Crippen LogP contribution in [0, 0.1) is 0 Å². The van der Waals surface area contributed by atoms with E-state index in [4.69, 9.17) is 4.74 Å². The van der Waals surface area contributed by atoms with E-state index in [-0.39, 0.29) is 5.69 Å². The van der Waals surface area contributed by atoms with E-state index in [0.717, 1.165) is 16.8 Å². The van der Waals surface area contributed by atoms with Gasteiger partial charge in [-0.25, -0.2) is 4.79 Å². The van der Waals surface area contributed by atoms with E-state index in [2.05, 4.69) is 4.98 Å². The lowest BCUT2D eigenvalue weighted by Gasteiger charge is -1.98. The van der Waals surface area contributed by atoms with E-state index in [0.29, 0.717) is 0 Å². The van der Waals surface area contributed by atoms with Crippen LogP contribution in [-0.2, 0) is 7.05 Å². The van der Waals surface area contributed by atoms with E-state index < -0.39 is 0 Å². The molecule has 4 nitrogen and oxygen atoms in total. The summed E-state index contributed by atoms with van der Waals surface area (Å²) in [6.07, 6.45) is 0. The molecule has 0 amide bonds. The quantitative estimate of drug-likeness (QED) is 0.778. The molecule has 1 aromatic carbocycles. The van der Waals surface area contributed by atoms with Crippen molar-refractivity contribution in [2.24, 2.45) is 7.05 Å². The summed E-state index contributed by atoms with van der Waals surface area (Å²) in [5.74, 6) is 0.745. The third-order valence-corrected chi connectivity index (χ3v) is 2.11. The minimum Gasteiger partial charge on any atom is -0.497 e. The van der Waals surface area contributed by atoms with Crippen LogP contribution >= 0.6 is 0 Å². The first-order valence-electron chi connectivity index (χ1n) is 4.95. The summed E-state index contributed by atoms with van der Waals surface area (Å²) in [6.45, 7) is 4.00. The van der Waals surface area contributed by atoms with Crippen LogP contribution in [0.5, 0.6) is 5.75 Å². The Morgan fingerprint density at radius 3 is 2.60 bits per heavy atom. The molecule has 2 aromatic rings. The van der Waals surface area contributed by atoms with Crippen LogP contribution in [0.4, 0.5) is 0 Å². The van der Waals surface area contributed by atoms with Crippen molar-refractivity contribution in [1.82, 2.24) is 9.55 Å². The number of imidazole rings is 1. The van der Waals surface area contributed by atoms with Gasteiger partial charge >= 0.3 is 5.69 Å². The van der Waals surface area contributed by atoms with Crippen LogP contribution in [0.1, 0.15) is 13.8 Å². The lowest BCUT2D eigenvalue weighted by atomic mass is 10.3. The van der Waals surface area contributed by atoms with Crippen LogP contribution in [0.15, 0.2) is 23.0 Å². The van der Waals surface area contributed by atoms with E-state index in [9.17, 15) is 4.79 Å². The molecule has 82 valence electrons. The monoisotopic (exact) mass is 208 g/mol. The normalized spacial score (nSPS) is 9.60. The molecule has 0 atom stereocenters. The molecule has 0 fully saturated rings. The zero-order valence-electron chi connectivity index (χ0n) is 9.50. The molecule has 4 heteroatoms. The molecule has 0 bridgehead atoms. The Kier molecular flexibility index (Phi) is 3.55. The van der Waals surface area contributed by atoms with E-state index in [1.807, 2.05) is 26.0 Å². The summed E-state index contributed by atoms with van der Waals surface area (Å²) in [7, 11) is 3.33. The second-order valence-electron chi connectivity index (χ2n) is 2.87. The first kappa shape index (κ1) is 11.4. The fraction of sp³-hybridized carbons (Fsp3) is 0.364. The Morgan fingerprint density at radius 1 is 1.33 bits per heavy atom. The van der Waals surface area contributed by atoms with Crippen molar-refractivity contribution in [2.45, 2.75) is 13.8 Å². The lowest BCUT2D eigenvalue weighted by Crippen LogP contribution is -2.11. The summed E-state index contributed by atoms with van der Waals surface area (Å²) in [4.78, 5) is 13.9. The van der Waals surface area contributed by atoms with Gasteiger partial charge in [-0.1, -0.05) is 13.8 Å². The Bertz CT molecular complexity index is 497. The van der Waals surface area contributed by atoms with Gasteiger partial charge in [0, 0.05) is 13.1 Å². The second-order valence-corrected chi connectivity index (χ2v) is 2.87. The Labute approximate surface area is 88.5 Å². The summed E-state index contributed by atoms with van der Waals surface area (Å²) in [5.41, 5.74) is 1.57. The van der Waals surface area contributed by atoms with Gasteiger partial charge in [-0.2, -0.15) is 0 Å². The average molecular weight is 208 g/mol. The van der Waals surface area contributed by atoms with Crippen molar-refractivity contribution in [2.75, 3.05) is 7.11 Å². The number of hydrogen-bond donors (Lipinski definition) is 1. The number of hydrogen-bond acceptors (Lipinski definition) is 2. The number of aryl methyl sites for hydroxylation is 1. The molecule has 1 heterocycles. The zero-order valence-corrected chi connectivity index (χ0v) is 9.50. The van der Waals surface area contributed by atoms with Gasteiger partial charge in [0.1, 0.15) is 5.75 Å². The van der Waals surface area contributed by atoms with Crippen LogP contribution < -0.4 is 10.4 Å². The van der Waals surface area contributed by atoms with Crippen molar-refractivity contribution in [1.29, 1.82) is 0 Å². The van der Waals surface area contributed by atoms with Gasteiger partial charge in [0.25, 0.3) is 0 Å². The topological polar surface area (TPSA) is 47.0 Å². The maximum atomic E-state index is 11.2. The van der Waals surface area contributed by atoms with E-state index >= 15 is 0 Å². The third kappa shape index (κ3) is 2.03. The number of benzene rings is 1. The summed E-state index contributed by atoms with van der Waals surface area (Å²) >= 11 is 0. The summed E-state index contributed by atoms with van der Waals surface area (Å²) < 4.78 is 6.60. The molecule has 0 aliphatic carbocycles. The number of methoxy groups -OCH3 is 1. The third-order valence-electron chi connectivity index (χ3n) is 2.11. The van der Waals surface area contributed by atoms with Crippen LogP contribution in [0.3, 0.4) is 0 Å². The van der Waals surface area contributed by atoms with Gasteiger partial charge in [0.2, 0.25) is 0 Å². The molecule has 0 unspecified atom stereocenters. The lowest BCUT2D eigenvalue weighted by molar-refractivity contribution is 0.415. The molecule has 15 heavy (non-hydrogen) atoms. The van der Waals surface area contributed by atoms with Gasteiger partial charge in [-0.05, 0) is 12.1 Å². The molecule has 1 aromatic heterocycles. The first-order valence-corrected chi connectivity index (χ1v) is 4.95. The first-order chi connectivity index (χ1) is 7.22. The van der Waals surface area contributed by atoms with E-state index in [1.165, 1.54) is 0 Å². The van der Waals surface area contributed by atoms with Crippen LogP contribution in [-0.4, -0.2) is 16.7 Å². The molecule has 0 saturated heterocycles. The molecular formula is C11H16N2O2.